The van der Waals surface area contributed by atoms with E-state index in [1.165, 1.54) is 12.8 Å². The maximum atomic E-state index is 12.8. The smallest absolute Gasteiger partial charge is 0.253 e. The van der Waals surface area contributed by atoms with E-state index < -0.39 is 9.93 Å². The van der Waals surface area contributed by atoms with Crippen LogP contribution in [-0.2, 0) is 17.0 Å². The van der Waals surface area contributed by atoms with Gasteiger partial charge in [-0.3, -0.25) is 9.00 Å². The zero-order valence-corrected chi connectivity index (χ0v) is 16.3. The van der Waals surface area contributed by atoms with E-state index in [4.69, 9.17) is 4.74 Å². The molecule has 4 nitrogen and oxygen atoms in total. The molecule has 0 amide bonds. The van der Waals surface area contributed by atoms with E-state index in [-0.39, 0.29) is 5.56 Å². The van der Waals surface area contributed by atoms with Crippen molar-refractivity contribution in [2.45, 2.75) is 31.6 Å². The van der Waals surface area contributed by atoms with Crippen LogP contribution in [0.25, 0.3) is 11.1 Å². The van der Waals surface area contributed by atoms with Gasteiger partial charge in [0.25, 0.3) is 5.56 Å². The number of rotatable bonds is 6. The van der Waals surface area contributed by atoms with Crippen molar-refractivity contribution in [3.05, 3.63) is 46.4 Å². The first-order valence-corrected chi connectivity index (χ1v) is 11.2. The molecule has 1 fully saturated rings. The standard InChI is InChI=1S/C20H27NO3S/c1-5-25(4,23)17-8-9-19(24-13-15-6-7-15)18(11-17)16-10-14(2)20(22)21(3)12-16/h8-12,15,25H,5-7,13H2,1-4H3. The van der Waals surface area contributed by atoms with Crippen LogP contribution in [-0.4, -0.2) is 27.4 Å². The van der Waals surface area contributed by atoms with Gasteiger partial charge in [0.2, 0.25) is 0 Å². The molecular formula is C20H27NO3S. The maximum absolute atomic E-state index is 12.8. The minimum atomic E-state index is -2.38. The maximum Gasteiger partial charge on any atom is 0.253 e. The van der Waals surface area contributed by atoms with Crippen molar-refractivity contribution in [2.24, 2.45) is 13.0 Å². The van der Waals surface area contributed by atoms with Gasteiger partial charge in [0, 0.05) is 40.6 Å². The van der Waals surface area contributed by atoms with E-state index in [2.05, 4.69) is 0 Å². The number of aryl methyl sites for hydroxylation is 2. The SMILES string of the molecule is CC[SH](C)(=O)c1ccc(OCC2CC2)c(-c2cc(C)c(=O)n(C)c2)c1. The highest BCUT2D eigenvalue weighted by Crippen LogP contribution is 2.36. The summed E-state index contributed by atoms with van der Waals surface area (Å²) >= 11 is 0. The molecule has 2 aromatic rings. The van der Waals surface area contributed by atoms with E-state index in [0.29, 0.717) is 23.8 Å². The van der Waals surface area contributed by atoms with Gasteiger partial charge in [-0.1, -0.05) is 16.9 Å². The molecule has 3 rings (SSSR count). The molecule has 0 saturated heterocycles. The Morgan fingerprint density at radius 1 is 1.28 bits per heavy atom. The first kappa shape index (κ1) is 17.9. The van der Waals surface area contributed by atoms with Gasteiger partial charge < -0.3 is 9.30 Å². The van der Waals surface area contributed by atoms with E-state index in [9.17, 15) is 9.00 Å². The van der Waals surface area contributed by atoms with E-state index in [0.717, 1.165) is 21.8 Å². The van der Waals surface area contributed by atoms with E-state index in [1.54, 1.807) is 11.6 Å². The minimum Gasteiger partial charge on any atom is -0.493 e. The predicted molar refractivity (Wildman–Crippen MR) is 104 cm³/mol. The number of hydrogen-bond donors (Lipinski definition) is 1. The minimum absolute atomic E-state index is 0.00456. The van der Waals surface area contributed by atoms with Crippen molar-refractivity contribution < 1.29 is 8.95 Å². The lowest BCUT2D eigenvalue weighted by Gasteiger charge is -2.20. The first-order valence-electron chi connectivity index (χ1n) is 8.83. The topological polar surface area (TPSA) is 48.3 Å². The molecule has 1 saturated carbocycles. The van der Waals surface area contributed by atoms with Crippen molar-refractivity contribution in [3.63, 3.8) is 0 Å². The highest BCUT2D eigenvalue weighted by atomic mass is 32.2. The van der Waals surface area contributed by atoms with Crippen LogP contribution >= 0.6 is 0 Å². The molecule has 1 aromatic carbocycles. The third-order valence-electron chi connectivity index (χ3n) is 4.96. The summed E-state index contributed by atoms with van der Waals surface area (Å²) in [6, 6.07) is 7.72. The number of benzene rings is 1. The highest BCUT2D eigenvalue weighted by molar-refractivity contribution is 8.02. The summed E-state index contributed by atoms with van der Waals surface area (Å²) < 4.78 is 20.5. The van der Waals surface area contributed by atoms with Crippen LogP contribution in [0.15, 0.2) is 40.2 Å². The molecule has 136 valence electrons. The Labute approximate surface area is 150 Å². The Morgan fingerprint density at radius 2 is 2.00 bits per heavy atom. The monoisotopic (exact) mass is 361 g/mol. The number of aromatic nitrogens is 1. The second-order valence-electron chi connectivity index (χ2n) is 7.18. The van der Waals surface area contributed by atoms with Gasteiger partial charge in [0.1, 0.15) is 5.75 Å². The summed E-state index contributed by atoms with van der Waals surface area (Å²) in [5.74, 6) is 2.08. The number of nitrogens with zero attached hydrogens (tertiary/aromatic N) is 1. The predicted octanol–water partition coefficient (Wildman–Crippen LogP) is 3.17. The molecule has 1 aromatic heterocycles. The van der Waals surface area contributed by atoms with Crippen LogP contribution < -0.4 is 10.3 Å². The lowest BCUT2D eigenvalue weighted by molar-refractivity contribution is 0.301. The molecule has 0 N–H and O–H groups in total. The number of ether oxygens (including phenoxy) is 1. The molecule has 0 spiro atoms. The second kappa shape index (κ2) is 6.79. The Kier molecular flexibility index (Phi) is 4.87. The molecule has 0 radical (unpaired) electrons. The third-order valence-corrected chi connectivity index (χ3v) is 7.54. The van der Waals surface area contributed by atoms with Crippen molar-refractivity contribution in [3.8, 4) is 16.9 Å². The lowest BCUT2D eigenvalue weighted by Crippen LogP contribution is -2.18. The summed E-state index contributed by atoms with van der Waals surface area (Å²) in [6.45, 7) is 4.49. The summed E-state index contributed by atoms with van der Waals surface area (Å²) in [7, 11) is -0.622. The Hall–Kier alpha value is -1.88. The fourth-order valence-electron chi connectivity index (χ4n) is 2.86. The molecule has 1 heterocycles. The molecule has 1 aliphatic carbocycles. The Morgan fingerprint density at radius 3 is 2.60 bits per heavy atom. The van der Waals surface area contributed by atoms with Crippen LogP contribution in [0, 0.1) is 12.8 Å². The molecule has 1 aliphatic rings. The average molecular weight is 362 g/mol. The van der Waals surface area contributed by atoms with Crippen LogP contribution in [0.3, 0.4) is 0 Å². The van der Waals surface area contributed by atoms with Crippen LogP contribution in [0.1, 0.15) is 25.3 Å². The summed E-state index contributed by atoms with van der Waals surface area (Å²) in [5, 5.41) is 0. The van der Waals surface area contributed by atoms with Crippen LogP contribution in [0.5, 0.6) is 5.75 Å². The molecule has 0 unspecified atom stereocenters. The zero-order chi connectivity index (χ0) is 18.2. The number of pyridine rings is 1. The quantitative estimate of drug-likeness (QED) is 0.804. The molecule has 0 atom stereocenters. The highest BCUT2D eigenvalue weighted by Gasteiger charge is 2.23. The van der Waals surface area contributed by atoms with E-state index in [1.807, 2.05) is 50.6 Å². The van der Waals surface area contributed by atoms with Gasteiger partial charge in [0.15, 0.2) is 0 Å². The molecular weight excluding hydrogens is 334 g/mol. The van der Waals surface area contributed by atoms with Crippen molar-refractivity contribution >= 4 is 9.93 Å². The van der Waals surface area contributed by atoms with Gasteiger partial charge in [-0.15, -0.1) is 0 Å². The summed E-state index contributed by atoms with van der Waals surface area (Å²) in [4.78, 5) is 12.9. The zero-order valence-electron chi connectivity index (χ0n) is 15.4. The van der Waals surface area contributed by atoms with Gasteiger partial charge >= 0.3 is 0 Å². The summed E-state index contributed by atoms with van der Waals surface area (Å²) in [5.41, 5.74) is 2.51. The van der Waals surface area contributed by atoms with Crippen molar-refractivity contribution in [1.29, 1.82) is 0 Å². The molecule has 0 bridgehead atoms. The average Bonchev–Trinajstić information content (AvgIpc) is 3.41. The van der Waals surface area contributed by atoms with Crippen LogP contribution in [0.4, 0.5) is 0 Å². The lowest BCUT2D eigenvalue weighted by atomic mass is 10.0. The Balaban J connectivity index is 2.10. The molecule has 5 heteroatoms. The third kappa shape index (κ3) is 3.87. The van der Waals surface area contributed by atoms with Gasteiger partial charge in [0.05, 0.1) is 6.61 Å². The number of hydrogen-bond acceptors (Lipinski definition) is 3. The van der Waals surface area contributed by atoms with Gasteiger partial charge in [-0.2, -0.15) is 0 Å². The van der Waals surface area contributed by atoms with Crippen molar-refractivity contribution in [2.75, 3.05) is 18.6 Å². The van der Waals surface area contributed by atoms with Gasteiger partial charge in [-0.05, 0) is 56.2 Å². The number of thiol groups is 1. The largest absolute Gasteiger partial charge is 0.493 e. The van der Waals surface area contributed by atoms with Gasteiger partial charge in [-0.25, -0.2) is 0 Å². The fraction of sp³-hybridized carbons (Fsp3) is 0.450. The van der Waals surface area contributed by atoms with Crippen molar-refractivity contribution in [1.82, 2.24) is 4.57 Å². The second-order valence-corrected chi connectivity index (χ2v) is 10.5. The first-order chi connectivity index (χ1) is 11.8. The van der Waals surface area contributed by atoms with E-state index >= 15 is 0 Å². The Bertz CT molecular complexity index is 870. The summed E-state index contributed by atoms with van der Waals surface area (Å²) in [6.07, 6.45) is 6.10. The normalized spacial score (nSPS) is 15.2. The van der Waals surface area contributed by atoms with Crippen LogP contribution in [0.2, 0.25) is 0 Å². The fourth-order valence-corrected chi connectivity index (χ4v) is 4.02. The molecule has 25 heavy (non-hydrogen) atoms. The molecule has 0 aliphatic heterocycles.